The number of hydrogen-bond donors (Lipinski definition) is 3. The molecule has 0 saturated heterocycles. The van der Waals surface area contributed by atoms with Crippen LogP contribution in [-0.2, 0) is 28.7 Å². The molecule has 2 aromatic carbocycles. The number of ether oxygens (including phenoxy) is 1. The summed E-state index contributed by atoms with van der Waals surface area (Å²) in [5, 5.41) is 25.8. The van der Waals surface area contributed by atoms with Crippen LogP contribution in [0.2, 0.25) is 0 Å². The van der Waals surface area contributed by atoms with E-state index >= 15 is 0 Å². The number of hydrogen-bond acceptors (Lipinski definition) is 8. The van der Waals surface area contributed by atoms with Crippen molar-refractivity contribution in [3.63, 3.8) is 0 Å². The molecule has 0 spiro atoms. The van der Waals surface area contributed by atoms with E-state index in [4.69, 9.17) is 4.74 Å². The van der Waals surface area contributed by atoms with Gasteiger partial charge in [0.25, 0.3) is 0 Å². The van der Waals surface area contributed by atoms with Crippen molar-refractivity contribution >= 4 is 29.2 Å². The van der Waals surface area contributed by atoms with Crippen molar-refractivity contribution in [3.05, 3.63) is 59.9 Å². The molecule has 0 fully saturated rings. The largest absolute Gasteiger partial charge is 0.488 e. The topological polar surface area (TPSA) is 155 Å². The number of aliphatic hydroxyl groups is 1. The monoisotopic (exact) mass is 618 g/mol. The van der Waals surface area contributed by atoms with E-state index in [1.807, 2.05) is 6.92 Å². The highest BCUT2D eigenvalue weighted by atomic mass is 19.4. The van der Waals surface area contributed by atoms with Gasteiger partial charge >= 0.3 is 12.2 Å². The number of aliphatic hydroxyl groups excluding tert-OH is 1. The number of nitrogens with zero attached hydrogens (tertiary/aromatic N) is 6. The molecule has 0 saturated carbocycles. The first-order valence-corrected chi connectivity index (χ1v) is 13.7. The predicted octanol–water partition coefficient (Wildman–Crippen LogP) is 2.64. The Morgan fingerprint density at radius 1 is 1.16 bits per heavy atom. The minimum atomic E-state index is -4.50. The van der Waals surface area contributed by atoms with Gasteiger partial charge in [-0.05, 0) is 59.8 Å². The number of carbonyl (C=O) groups excluding carboxylic acids is 3. The molecule has 0 unspecified atom stereocenters. The Morgan fingerprint density at radius 3 is 2.50 bits per heavy atom. The molecule has 13 nitrogen and oxygen atoms in total. The Morgan fingerprint density at radius 2 is 1.86 bits per heavy atom. The van der Waals surface area contributed by atoms with Gasteiger partial charge in [-0.3, -0.25) is 9.59 Å². The van der Waals surface area contributed by atoms with E-state index in [1.165, 1.54) is 35.1 Å². The number of amides is 4. The SMILES string of the molecule is C[C@@H]1CN([C@H](C)CO)C(=O)Cc2cc(NC(=O)Cn3cnnn3)ccc2O[C@@H]1CN(C)C(=O)Nc1ccc(C(F)(F)F)cc1. The summed E-state index contributed by atoms with van der Waals surface area (Å²) in [4.78, 5) is 41.7. The zero-order chi connectivity index (χ0) is 32.0. The second kappa shape index (κ2) is 13.7. The van der Waals surface area contributed by atoms with E-state index in [-0.39, 0.29) is 50.2 Å². The van der Waals surface area contributed by atoms with Gasteiger partial charge in [-0.25, -0.2) is 9.48 Å². The van der Waals surface area contributed by atoms with Crippen molar-refractivity contribution < 1.29 is 37.4 Å². The number of urea groups is 1. The summed E-state index contributed by atoms with van der Waals surface area (Å²) in [6.07, 6.45) is -3.89. The molecule has 1 aliphatic rings. The Balaban J connectivity index is 1.53. The minimum Gasteiger partial charge on any atom is -0.488 e. The number of alkyl halides is 3. The van der Waals surface area contributed by atoms with Crippen LogP contribution in [0.15, 0.2) is 48.8 Å². The molecule has 4 amide bonds. The van der Waals surface area contributed by atoms with Gasteiger partial charge < -0.3 is 30.3 Å². The van der Waals surface area contributed by atoms with Crippen molar-refractivity contribution in [2.75, 3.05) is 37.4 Å². The van der Waals surface area contributed by atoms with Gasteiger partial charge in [0.1, 0.15) is 24.7 Å². The maximum Gasteiger partial charge on any atom is 0.416 e. The van der Waals surface area contributed by atoms with E-state index < -0.39 is 35.8 Å². The van der Waals surface area contributed by atoms with Crippen LogP contribution in [0.1, 0.15) is 25.0 Å². The molecule has 2 heterocycles. The van der Waals surface area contributed by atoms with Crippen molar-refractivity contribution in [3.8, 4) is 5.75 Å². The summed E-state index contributed by atoms with van der Waals surface area (Å²) in [5.41, 5.74) is 0.256. The Kier molecular flexibility index (Phi) is 10.0. The van der Waals surface area contributed by atoms with Gasteiger partial charge in [0.05, 0.1) is 31.2 Å². The quantitative estimate of drug-likeness (QED) is 0.348. The molecule has 0 radical (unpaired) electrons. The number of benzene rings is 2. The van der Waals surface area contributed by atoms with Gasteiger partial charge in [0.15, 0.2) is 0 Å². The van der Waals surface area contributed by atoms with E-state index in [1.54, 1.807) is 30.0 Å². The molecular formula is C28H33F3N8O5. The maximum atomic E-state index is 13.4. The summed E-state index contributed by atoms with van der Waals surface area (Å²) in [6.45, 7) is 3.48. The van der Waals surface area contributed by atoms with E-state index in [9.17, 15) is 32.7 Å². The molecule has 44 heavy (non-hydrogen) atoms. The first-order valence-electron chi connectivity index (χ1n) is 13.7. The van der Waals surface area contributed by atoms with Gasteiger partial charge in [-0.1, -0.05) is 6.92 Å². The van der Waals surface area contributed by atoms with Crippen LogP contribution in [0, 0.1) is 5.92 Å². The second-order valence-electron chi connectivity index (χ2n) is 10.7. The fourth-order valence-electron chi connectivity index (χ4n) is 4.64. The van der Waals surface area contributed by atoms with E-state index in [0.29, 0.717) is 17.0 Å². The van der Waals surface area contributed by atoms with Crippen LogP contribution >= 0.6 is 0 Å². The van der Waals surface area contributed by atoms with Crippen molar-refractivity contribution in [1.29, 1.82) is 0 Å². The highest BCUT2D eigenvalue weighted by Crippen LogP contribution is 2.31. The summed E-state index contributed by atoms with van der Waals surface area (Å²) < 4.78 is 46.3. The van der Waals surface area contributed by atoms with Gasteiger partial charge in [-0.2, -0.15) is 13.2 Å². The Bertz CT molecular complexity index is 1450. The lowest BCUT2D eigenvalue weighted by Gasteiger charge is -2.34. The van der Waals surface area contributed by atoms with Crippen LogP contribution in [0.3, 0.4) is 0 Å². The predicted molar refractivity (Wildman–Crippen MR) is 152 cm³/mol. The molecule has 16 heteroatoms. The molecular weight excluding hydrogens is 585 g/mol. The average molecular weight is 619 g/mol. The summed E-state index contributed by atoms with van der Waals surface area (Å²) in [5.74, 6) is -0.579. The third kappa shape index (κ3) is 8.21. The molecule has 0 bridgehead atoms. The first-order chi connectivity index (χ1) is 20.8. The molecule has 3 N–H and O–H groups in total. The first kappa shape index (κ1) is 32.2. The molecule has 3 atom stereocenters. The van der Waals surface area contributed by atoms with E-state index in [2.05, 4.69) is 26.2 Å². The third-order valence-electron chi connectivity index (χ3n) is 7.16. The molecule has 4 rings (SSSR count). The number of aromatic nitrogens is 4. The highest BCUT2D eigenvalue weighted by molar-refractivity contribution is 5.91. The van der Waals surface area contributed by atoms with E-state index in [0.717, 1.165) is 12.1 Å². The number of fused-ring (bicyclic) bond motifs is 1. The van der Waals surface area contributed by atoms with Gasteiger partial charge in [-0.15, -0.1) is 5.10 Å². The van der Waals surface area contributed by atoms with Crippen LogP contribution < -0.4 is 15.4 Å². The number of carbonyl (C=O) groups is 3. The summed E-state index contributed by atoms with van der Waals surface area (Å²) >= 11 is 0. The zero-order valence-electron chi connectivity index (χ0n) is 24.3. The molecule has 0 aliphatic carbocycles. The number of tetrazole rings is 1. The standard InChI is InChI=1S/C28H33F3N8O5/c1-17-12-39(18(2)15-40)26(42)11-19-10-22(33-25(41)14-38-16-32-35-36-38)8-9-23(19)44-24(17)13-37(3)27(43)34-21-6-4-20(5-7-21)28(29,30)31/h4-10,16-18,24,40H,11-15H2,1-3H3,(H,33,41)(H,34,43)/t17-,18-,24-/m1/s1. The van der Waals surface area contributed by atoms with Gasteiger partial charge in [0, 0.05) is 36.4 Å². The van der Waals surface area contributed by atoms with Gasteiger partial charge in [0.2, 0.25) is 11.8 Å². The lowest BCUT2D eigenvalue weighted by molar-refractivity contribution is -0.137. The fourth-order valence-corrected chi connectivity index (χ4v) is 4.64. The van der Waals surface area contributed by atoms with Crippen molar-refractivity contribution in [1.82, 2.24) is 30.0 Å². The normalized spacial score (nSPS) is 17.8. The molecule has 1 aromatic heterocycles. The Hall–Kier alpha value is -4.73. The zero-order valence-corrected chi connectivity index (χ0v) is 24.3. The smallest absolute Gasteiger partial charge is 0.416 e. The molecule has 236 valence electrons. The number of likely N-dealkylation sites (N-methyl/N-ethyl adjacent to an activating group) is 1. The number of nitrogens with one attached hydrogen (secondary N) is 2. The highest BCUT2D eigenvalue weighted by Gasteiger charge is 2.32. The van der Waals surface area contributed by atoms with Crippen LogP contribution in [0.5, 0.6) is 5.75 Å². The van der Waals surface area contributed by atoms with Crippen LogP contribution in [0.4, 0.5) is 29.3 Å². The Labute approximate surface area is 251 Å². The lowest BCUT2D eigenvalue weighted by Crippen LogP contribution is -2.48. The second-order valence-corrected chi connectivity index (χ2v) is 10.7. The number of halogens is 3. The molecule has 3 aromatic rings. The third-order valence-corrected chi connectivity index (χ3v) is 7.16. The number of rotatable bonds is 8. The van der Waals surface area contributed by atoms with Crippen LogP contribution in [0.25, 0.3) is 0 Å². The summed E-state index contributed by atoms with van der Waals surface area (Å²) in [7, 11) is 1.52. The minimum absolute atomic E-state index is 0.0625. The lowest BCUT2D eigenvalue weighted by atomic mass is 10.0. The summed E-state index contributed by atoms with van der Waals surface area (Å²) in [6, 6.07) is 7.91. The average Bonchev–Trinajstić information content (AvgIpc) is 3.49. The maximum absolute atomic E-state index is 13.4. The van der Waals surface area contributed by atoms with Crippen LogP contribution in [-0.4, -0.2) is 91.8 Å². The fraction of sp³-hybridized carbons (Fsp3) is 0.429. The van der Waals surface area contributed by atoms with Crippen molar-refractivity contribution in [2.24, 2.45) is 5.92 Å². The van der Waals surface area contributed by atoms with Crippen molar-refractivity contribution in [2.45, 2.75) is 45.1 Å². The molecule has 1 aliphatic heterocycles. The number of anilines is 2.